The fourth-order valence-corrected chi connectivity index (χ4v) is 7.77. The molecule has 6 rings (SSSR count). The van der Waals surface area contributed by atoms with E-state index < -0.39 is 36.3 Å². The Labute approximate surface area is 247 Å². The fourth-order valence-electron chi connectivity index (χ4n) is 6.98. The Kier molecular flexibility index (Phi) is 8.22. The van der Waals surface area contributed by atoms with Crippen LogP contribution in [0.15, 0.2) is 47.0 Å². The van der Waals surface area contributed by atoms with Crippen molar-refractivity contribution in [1.29, 1.82) is 0 Å². The number of carbonyl (C=O) groups is 2. The fraction of sp³-hybridized carbons (Fsp3) is 0.613. The molecule has 2 bridgehead atoms. The Morgan fingerprint density at radius 2 is 1.98 bits per heavy atom. The van der Waals surface area contributed by atoms with Gasteiger partial charge in [-0.05, 0) is 99.8 Å². The highest BCUT2D eigenvalue weighted by Crippen LogP contribution is 2.65. The summed E-state index contributed by atoms with van der Waals surface area (Å²) in [6.45, 7) is 12.3. The van der Waals surface area contributed by atoms with E-state index in [1.165, 1.54) is 11.3 Å². The third-order valence-corrected chi connectivity index (χ3v) is 10.3. The number of hydrogen-bond acceptors (Lipinski definition) is 8. The number of carbonyl (C=O) groups excluding carboxylic acids is 2. The summed E-state index contributed by atoms with van der Waals surface area (Å²) in [4.78, 5) is 38.3. The van der Waals surface area contributed by atoms with Crippen molar-refractivity contribution in [2.24, 2.45) is 22.4 Å². The van der Waals surface area contributed by atoms with Gasteiger partial charge in [0.25, 0.3) is 0 Å². The van der Waals surface area contributed by atoms with Crippen molar-refractivity contribution in [3.63, 3.8) is 0 Å². The molecule has 41 heavy (non-hydrogen) atoms. The Hall–Kier alpha value is -2.56. The second-order valence-electron chi connectivity index (χ2n) is 13.6. The average molecular weight is 581 g/mol. The van der Waals surface area contributed by atoms with E-state index in [1.807, 2.05) is 50.4 Å². The molecule has 8 nitrogen and oxygen atoms in total. The number of hydrogen-bond donors (Lipinski definition) is 1. The van der Waals surface area contributed by atoms with Crippen LogP contribution >= 0.6 is 11.3 Å². The van der Waals surface area contributed by atoms with E-state index >= 15 is 0 Å². The maximum atomic E-state index is 13.3. The summed E-state index contributed by atoms with van der Waals surface area (Å²) in [7, 11) is -0.633. The number of ether oxygens (including phenoxy) is 1. The summed E-state index contributed by atoms with van der Waals surface area (Å²) in [5.41, 5.74) is 0.488. The summed E-state index contributed by atoms with van der Waals surface area (Å²) in [5, 5.41) is 8.30. The molecule has 1 N–H and O–H groups in total. The van der Waals surface area contributed by atoms with Crippen LogP contribution in [0.1, 0.15) is 94.1 Å². The second-order valence-corrected chi connectivity index (χ2v) is 14.6. The van der Waals surface area contributed by atoms with Crippen LogP contribution in [-0.4, -0.2) is 42.2 Å². The summed E-state index contributed by atoms with van der Waals surface area (Å²) in [6, 6.07) is 10.5. The number of nitroso groups, excluding NO2 is 1. The van der Waals surface area contributed by atoms with Gasteiger partial charge < -0.3 is 19.4 Å². The van der Waals surface area contributed by atoms with Crippen molar-refractivity contribution < 1.29 is 23.6 Å². The highest BCUT2D eigenvalue weighted by Gasteiger charge is 2.68. The number of esters is 1. The molecule has 4 aliphatic rings. The topological polar surface area (TPSA) is 103 Å². The van der Waals surface area contributed by atoms with Crippen molar-refractivity contribution >= 4 is 30.3 Å². The molecular weight excluding hydrogens is 539 g/mol. The summed E-state index contributed by atoms with van der Waals surface area (Å²) in [6.07, 6.45) is 2.93. The van der Waals surface area contributed by atoms with Gasteiger partial charge in [-0.1, -0.05) is 37.2 Å². The van der Waals surface area contributed by atoms with Crippen LogP contribution in [-0.2, 0) is 25.3 Å². The van der Waals surface area contributed by atoms with Gasteiger partial charge in [0.1, 0.15) is 11.6 Å². The molecule has 1 saturated heterocycles. The van der Waals surface area contributed by atoms with Crippen molar-refractivity contribution in [1.82, 2.24) is 5.32 Å². The zero-order chi connectivity index (χ0) is 29.6. The van der Waals surface area contributed by atoms with Gasteiger partial charge in [-0.15, -0.1) is 11.3 Å². The Morgan fingerprint density at radius 1 is 1.20 bits per heavy atom. The molecule has 1 aliphatic heterocycles. The summed E-state index contributed by atoms with van der Waals surface area (Å²) < 4.78 is 18.8. The molecular formula is C31H41BN2O6S. The average Bonchev–Trinajstić information content (AvgIpc) is 3.55. The molecule has 3 saturated carbocycles. The predicted molar refractivity (Wildman–Crippen MR) is 159 cm³/mol. The van der Waals surface area contributed by atoms with Gasteiger partial charge in [0.05, 0.1) is 23.2 Å². The predicted octanol–water partition coefficient (Wildman–Crippen LogP) is 6.29. The molecule has 10 heteroatoms. The number of thiophene rings is 1. The molecule has 2 aromatic rings. The lowest BCUT2D eigenvalue weighted by Gasteiger charge is -2.64. The van der Waals surface area contributed by atoms with E-state index in [0.717, 1.165) is 23.3 Å². The number of benzene rings is 1. The zero-order valence-electron chi connectivity index (χ0n) is 24.8. The van der Waals surface area contributed by atoms with E-state index in [0.29, 0.717) is 30.2 Å². The number of nitrogens with zero attached hydrogens (tertiary/aromatic N) is 1. The number of rotatable bonds is 10. The van der Waals surface area contributed by atoms with E-state index in [2.05, 4.69) is 31.3 Å². The molecule has 0 radical (unpaired) electrons. The lowest BCUT2D eigenvalue weighted by atomic mass is 9.43. The lowest BCUT2D eigenvalue weighted by molar-refractivity contribution is -0.199. The molecule has 5 unspecified atom stereocenters. The van der Waals surface area contributed by atoms with Crippen LogP contribution in [0.3, 0.4) is 0 Å². The van der Waals surface area contributed by atoms with Gasteiger partial charge in [-0.25, -0.2) is 4.79 Å². The number of nitrogens with one attached hydrogen (secondary N) is 1. The van der Waals surface area contributed by atoms with Gasteiger partial charge in [0, 0.05) is 11.3 Å². The monoisotopic (exact) mass is 580 g/mol. The Balaban J connectivity index is 1.33. The van der Waals surface area contributed by atoms with E-state index in [9.17, 15) is 14.5 Å². The normalized spacial score (nSPS) is 27.8. The smallest absolute Gasteiger partial charge is 0.456 e. The van der Waals surface area contributed by atoms with Crippen LogP contribution < -0.4 is 5.32 Å². The van der Waals surface area contributed by atoms with Crippen molar-refractivity contribution in [2.75, 3.05) is 0 Å². The van der Waals surface area contributed by atoms with Crippen LogP contribution in [0.5, 0.6) is 0 Å². The van der Waals surface area contributed by atoms with E-state index in [4.69, 9.17) is 14.0 Å². The van der Waals surface area contributed by atoms with E-state index in [-0.39, 0.29) is 23.8 Å². The maximum absolute atomic E-state index is 13.3. The van der Waals surface area contributed by atoms with Gasteiger partial charge >= 0.3 is 13.1 Å². The highest BCUT2D eigenvalue weighted by molar-refractivity contribution is 7.10. The van der Waals surface area contributed by atoms with Crippen molar-refractivity contribution in [3.8, 4) is 0 Å². The first-order valence-corrected chi connectivity index (χ1v) is 15.5. The molecule has 4 fully saturated rings. The van der Waals surface area contributed by atoms with E-state index in [1.54, 1.807) is 12.1 Å². The highest BCUT2D eigenvalue weighted by atomic mass is 32.1. The Bertz CT molecular complexity index is 1280. The molecule has 220 valence electrons. The van der Waals surface area contributed by atoms with Crippen LogP contribution in [0.4, 0.5) is 0 Å². The lowest BCUT2D eigenvalue weighted by Crippen LogP contribution is -2.65. The molecule has 2 heterocycles. The minimum Gasteiger partial charge on any atom is -0.456 e. The van der Waals surface area contributed by atoms with Gasteiger partial charge in [0.2, 0.25) is 5.91 Å². The molecule has 1 aromatic heterocycles. The zero-order valence-corrected chi connectivity index (χ0v) is 25.7. The third kappa shape index (κ3) is 6.15. The summed E-state index contributed by atoms with van der Waals surface area (Å²) >= 11 is 1.46. The number of amides is 1. The third-order valence-electron chi connectivity index (χ3n) is 9.30. The van der Waals surface area contributed by atoms with Crippen LogP contribution in [0, 0.1) is 22.2 Å². The minimum atomic E-state index is -0.633. The first-order valence-electron chi connectivity index (χ1n) is 14.6. The first-order chi connectivity index (χ1) is 19.3. The minimum absolute atomic E-state index is 0.0285. The maximum Gasteiger partial charge on any atom is 0.482 e. The van der Waals surface area contributed by atoms with Crippen molar-refractivity contribution in [2.45, 2.75) is 103 Å². The summed E-state index contributed by atoms with van der Waals surface area (Å²) in [5.74, 6) is -0.0731. The largest absolute Gasteiger partial charge is 0.482 e. The molecule has 0 spiro atoms. The molecule has 3 aliphatic carbocycles. The van der Waals surface area contributed by atoms with Crippen molar-refractivity contribution in [3.05, 3.63) is 62.7 Å². The first kappa shape index (κ1) is 29.9. The van der Waals surface area contributed by atoms with Crippen LogP contribution in [0.25, 0.3) is 0 Å². The van der Waals surface area contributed by atoms with Gasteiger partial charge in [-0.2, -0.15) is 4.91 Å². The van der Waals surface area contributed by atoms with Gasteiger partial charge in [0.15, 0.2) is 0 Å². The molecule has 6 atom stereocenters. The van der Waals surface area contributed by atoms with Gasteiger partial charge in [-0.3, -0.25) is 4.79 Å². The van der Waals surface area contributed by atoms with Crippen LogP contribution in [0.2, 0.25) is 0 Å². The quantitative estimate of drug-likeness (QED) is 0.201. The molecule has 1 amide bonds. The second kappa shape index (κ2) is 11.3. The SMILES string of the molecule is CC(C)(C)OC(=O)c1cccc(CC(NC(=O)CCC(N=O)c2cccs2)B2OC3CC4C[C@H](C4(C)C)C3(C)O2)c1. The standard InChI is InChI=1S/C31H41BN2O6S/c1-29(2,3)38-28(36)20-10-7-9-19(15-20)16-26(33-27(35)13-12-22(34-37)23-11-8-14-41-23)32-39-25-18-21-17-24(30(21,4)5)31(25,6)40-32/h7-11,14-15,21-22,24-26H,12-13,16-18H2,1-6H3,(H,33,35)/t21?,22?,24-,25?,26?,31?/m1/s1. The Morgan fingerprint density at radius 3 is 2.63 bits per heavy atom. The molecule has 1 aromatic carbocycles.